The van der Waals surface area contributed by atoms with Crippen LogP contribution in [0.3, 0.4) is 0 Å². The Hall–Kier alpha value is -3.26. The summed E-state index contributed by atoms with van der Waals surface area (Å²) in [6, 6.07) is 15.3. The summed E-state index contributed by atoms with van der Waals surface area (Å²) in [6.07, 6.45) is 1.66. The van der Waals surface area contributed by atoms with Crippen LogP contribution in [0.25, 0.3) is 0 Å². The maximum Gasteiger partial charge on any atom is 0.256 e. The predicted molar refractivity (Wildman–Crippen MR) is 120 cm³/mol. The maximum absolute atomic E-state index is 12.8. The Bertz CT molecular complexity index is 1090. The quantitative estimate of drug-likeness (QED) is 0.657. The monoisotopic (exact) mass is 421 g/mol. The third-order valence-corrected chi connectivity index (χ3v) is 6.09. The van der Waals surface area contributed by atoms with Gasteiger partial charge in [0.25, 0.3) is 5.91 Å². The van der Waals surface area contributed by atoms with Crippen molar-refractivity contribution in [3.05, 3.63) is 65.9 Å². The molecule has 2 heterocycles. The molecule has 2 N–H and O–H groups in total. The van der Waals surface area contributed by atoms with E-state index in [2.05, 4.69) is 27.9 Å². The number of anilines is 3. The van der Waals surface area contributed by atoms with E-state index in [0.717, 1.165) is 16.1 Å². The molecule has 8 heteroatoms. The number of amides is 2. The van der Waals surface area contributed by atoms with Gasteiger partial charge in [0.05, 0.1) is 23.7 Å². The fourth-order valence-electron chi connectivity index (χ4n) is 3.18. The highest BCUT2D eigenvalue weighted by atomic mass is 32.2. The topological polar surface area (TPSA) is 79.3 Å². The number of aromatic nitrogens is 2. The average molecular weight is 422 g/mol. The van der Waals surface area contributed by atoms with Crippen LogP contribution < -0.4 is 15.5 Å². The van der Waals surface area contributed by atoms with Crippen molar-refractivity contribution >= 4 is 40.8 Å². The first kappa shape index (κ1) is 20.0. The normalized spacial score (nSPS) is 15.3. The smallest absolute Gasteiger partial charge is 0.256 e. The summed E-state index contributed by atoms with van der Waals surface area (Å²) in [5.41, 5.74) is 3.36. The van der Waals surface area contributed by atoms with Crippen molar-refractivity contribution in [3.8, 4) is 0 Å². The molecule has 1 aliphatic rings. The molecular weight excluding hydrogens is 398 g/mol. The fourth-order valence-corrected chi connectivity index (χ4v) is 4.11. The molecule has 0 spiro atoms. The lowest BCUT2D eigenvalue weighted by Crippen LogP contribution is -2.26. The predicted octanol–water partition coefficient (Wildman–Crippen LogP) is 3.68. The zero-order valence-electron chi connectivity index (χ0n) is 17.0. The second-order valence-corrected chi connectivity index (χ2v) is 8.73. The van der Waals surface area contributed by atoms with E-state index in [1.165, 1.54) is 11.8 Å². The Morgan fingerprint density at radius 2 is 1.97 bits per heavy atom. The number of hydrogen-bond donors (Lipinski definition) is 2. The molecule has 0 radical (unpaired) electrons. The largest absolute Gasteiger partial charge is 0.378 e. The number of nitrogens with one attached hydrogen (secondary N) is 2. The Kier molecular flexibility index (Phi) is 5.50. The number of benzene rings is 2. The van der Waals surface area contributed by atoms with Gasteiger partial charge in [0.15, 0.2) is 0 Å². The molecule has 1 atom stereocenters. The van der Waals surface area contributed by atoms with Crippen molar-refractivity contribution in [2.45, 2.75) is 23.6 Å². The van der Waals surface area contributed by atoms with Crippen molar-refractivity contribution < 1.29 is 9.59 Å². The van der Waals surface area contributed by atoms with Crippen molar-refractivity contribution in [3.63, 3.8) is 0 Å². The molecule has 0 aliphatic carbocycles. The highest BCUT2D eigenvalue weighted by Crippen LogP contribution is 2.36. The van der Waals surface area contributed by atoms with Gasteiger partial charge in [-0.3, -0.25) is 9.59 Å². The molecule has 2 aromatic carbocycles. The van der Waals surface area contributed by atoms with Crippen LogP contribution in [0.15, 0.2) is 59.6 Å². The number of nitrogens with zero attached hydrogens (tertiary/aromatic N) is 3. The van der Waals surface area contributed by atoms with Crippen LogP contribution >= 0.6 is 11.8 Å². The van der Waals surface area contributed by atoms with Crippen LogP contribution in [0.2, 0.25) is 0 Å². The first-order chi connectivity index (χ1) is 14.4. The number of rotatable bonds is 5. The van der Waals surface area contributed by atoms with E-state index in [-0.39, 0.29) is 17.1 Å². The van der Waals surface area contributed by atoms with Crippen molar-refractivity contribution in [2.75, 3.05) is 29.6 Å². The van der Waals surface area contributed by atoms with Crippen LogP contribution in [0.1, 0.15) is 22.8 Å². The Balaban J connectivity index is 1.48. The van der Waals surface area contributed by atoms with Crippen molar-refractivity contribution in [1.29, 1.82) is 0 Å². The van der Waals surface area contributed by atoms with Gasteiger partial charge in [0, 0.05) is 36.3 Å². The van der Waals surface area contributed by atoms with Crippen LogP contribution in [-0.4, -0.2) is 40.9 Å². The van der Waals surface area contributed by atoms with E-state index >= 15 is 0 Å². The van der Waals surface area contributed by atoms with Crippen LogP contribution in [0.5, 0.6) is 0 Å². The Labute approximate surface area is 179 Å². The van der Waals surface area contributed by atoms with E-state index in [0.29, 0.717) is 23.6 Å². The summed E-state index contributed by atoms with van der Waals surface area (Å²) in [6.45, 7) is 2.41. The van der Waals surface area contributed by atoms with Crippen LogP contribution in [-0.2, 0) is 11.3 Å². The average Bonchev–Trinajstić information content (AvgIpc) is 3.15. The molecule has 1 aromatic heterocycles. The van der Waals surface area contributed by atoms with Gasteiger partial charge in [-0.15, -0.1) is 11.8 Å². The number of thioether (sulfide) groups is 1. The van der Waals surface area contributed by atoms with Crippen LogP contribution in [0.4, 0.5) is 17.2 Å². The van der Waals surface area contributed by atoms with Gasteiger partial charge in [-0.2, -0.15) is 5.10 Å². The van der Waals surface area contributed by atoms with E-state index in [4.69, 9.17) is 0 Å². The highest BCUT2D eigenvalue weighted by Gasteiger charge is 2.24. The van der Waals surface area contributed by atoms with E-state index in [1.807, 2.05) is 44.1 Å². The molecule has 1 aliphatic heterocycles. The number of fused-ring (bicyclic) bond motifs is 1. The van der Waals surface area contributed by atoms with Gasteiger partial charge in [-0.25, -0.2) is 4.68 Å². The van der Waals surface area contributed by atoms with Gasteiger partial charge >= 0.3 is 0 Å². The maximum atomic E-state index is 12.8. The number of carbonyl (C=O) groups excluding carboxylic acids is 2. The van der Waals surface area contributed by atoms with Crippen LogP contribution in [0, 0.1) is 0 Å². The minimum Gasteiger partial charge on any atom is -0.378 e. The third-order valence-electron chi connectivity index (χ3n) is 4.92. The lowest BCUT2D eigenvalue weighted by atomic mass is 10.1. The lowest BCUT2D eigenvalue weighted by molar-refractivity contribution is -0.115. The van der Waals surface area contributed by atoms with Crippen molar-refractivity contribution in [2.24, 2.45) is 0 Å². The molecule has 4 rings (SSSR count). The summed E-state index contributed by atoms with van der Waals surface area (Å²) in [7, 11) is 4.00. The van der Waals surface area contributed by atoms with Gasteiger partial charge in [-0.1, -0.05) is 12.1 Å². The second-order valence-electron chi connectivity index (χ2n) is 7.35. The molecule has 0 bridgehead atoms. The standard InChI is InChI=1S/C22H23N5O2S/c1-14-21(28)24-18-12-16(6-9-19(18)30-14)22(29)25-20-10-11-23-27(20)13-15-4-7-17(8-5-15)26(2)3/h4-12,14H,13H2,1-3H3,(H,24,28)(H,25,29). The first-order valence-electron chi connectivity index (χ1n) is 9.62. The third kappa shape index (κ3) is 4.18. The highest BCUT2D eigenvalue weighted by molar-refractivity contribution is 8.00. The molecule has 1 unspecified atom stereocenters. The molecule has 3 aromatic rings. The van der Waals surface area contributed by atoms with E-state index in [9.17, 15) is 9.59 Å². The zero-order chi connectivity index (χ0) is 21.3. The summed E-state index contributed by atoms with van der Waals surface area (Å²) in [4.78, 5) is 27.7. The first-order valence-corrected chi connectivity index (χ1v) is 10.5. The van der Waals surface area contributed by atoms with Gasteiger partial charge in [0.2, 0.25) is 5.91 Å². The zero-order valence-corrected chi connectivity index (χ0v) is 17.9. The Morgan fingerprint density at radius 1 is 1.20 bits per heavy atom. The molecule has 0 saturated heterocycles. The van der Waals surface area contributed by atoms with Crippen molar-refractivity contribution in [1.82, 2.24) is 9.78 Å². The molecule has 154 valence electrons. The summed E-state index contributed by atoms with van der Waals surface area (Å²) in [5.74, 6) is 0.310. The van der Waals surface area contributed by atoms with Gasteiger partial charge < -0.3 is 15.5 Å². The minimum absolute atomic E-state index is 0.0524. The summed E-state index contributed by atoms with van der Waals surface area (Å²) < 4.78 is 1.75. The summed E-state index contributed by atoms with van der Waals surface area (Å²) >= 11 is 1.49. The Morgan fingerprint density at radius 3 is 2.70 bits per heavy atom. The summed E-state index contributed by atoms with van der Waals surface area (Å²) in [5, 5.41) is 9.97. The molecule has 30 heavy (non-hydrogen) atoms. The number of hydrogen-bond acceptors (Lipinski definition) is 5. The van der Waals surface area contributed by atoms with E-state index < -0.39 is 0 Å². The fraction of sp³-hybridized carbons (Fsp3) is 0.227. The molecule has 0 fully saturated rings. The van der Waals surface area contributed by atoms with Gasteiger partial charge in [0.1, 0.15) is 5.82 Å². The second kappa shape index (κ2) is 8.23. The number of carbonyl (C=O) groups is 2. The molecule has 2 amide bonds. The molecule has 0 saturated carbocycles. The SMILES string of the molecule is CC1Sc2ccc(C(=O)Nc3ccnn3Cc3ccc(N(C)C)cc3)cc2NC1=O. The lowest BCUT2D eigenvalue weighted by Gasteiger charge is -2.21. The minimum atomic E-state index is -0.250. The molecule has 7 nitrogen and oxygen atoms in total. The molecular formula is C22H23N5O2S. The van der Waals surface area contributed by atoms with E-state index in [1.54, 1.807) is 29.1 Å². The van der Waals surface area contributed by atoms with Gasteiger partial charge in [-0.05, 0) is 42.8 Å².